The predicted molar refractivity (Wildman–Crippen MR) is 101 cm³/mol. The Morgan fingerprint density at radius 2 is 2.00 bits per heavy atom. The van der Waals surface area contributed by atoms with Crippen LogP contribution in [0.25, 0.3) is 0 Å². The van der Waals surface area contributed by atoms with Gasteiger partial charge in [-0.3, -0.25) is 4.99 Å². The van der Waals surface area contributed by atoms with Crippen molar-refractivity contribution in [1.82, 2.24) is 10.6 Å². The molecular formula is C18H26F3N3OS. The van der Waals surface area contributed by atoms with Gasteiger partial charge in [0, 0.05) is 44.5 Å². The number of hydrogen-bond acceptors (Lipinski definition) is 3. The summed E-state index contributed by atoms with van der Waals surface area (Å²) in [6.07, 6.45) is -0.972. The second-order valence-electron chi connectivity index (χ2n) is 6.32. The number of rotatable bonds is 6. The minimum atomic E-state index is -4.34. The van der Waals surface area contributed by atoms with Crippen LogP contribution in [0.3, 0.4) is 0 Å². The van der Waals surface area contributed by atoms with Crippen molar-refractivity contribution in [3.63, 3.8) is 0 Å². The first-order valence-electron chi connectivity index (χ1n) is 8.60. The molecule has 0 bridgehead atoms. The highest BCUT2D eigenvalue weighted by Gasteiger charge is 2.37. The lowest BCUT2D eigenvalue weighted by molar-refractivity contribution is -0.137. The lowest BCUT2D eigenvalue weighted by atomic mass is 9.73. The van der Waals surface area contributed by atoms with E-state index in [-0.39, 0.29) is 0 Å². The van der Waals surface area contributed by atoms with Gasteiger partial charge in [-0.05, 0) is 30.7 Å². The lowest BCUT2D eigenvalue weighted by Crippen LogP contribution is -2.48. The third-order valence-electron chi connectivity index (χ3n) is 4.67. The Kier molecular flexibility index (Phi) is 7.64. The lowest BCUT2D eigenvalue weighted by Gasteiger charge is -2.38. The SMILES string of the molecule is CN=C(NCCSC)NCC1(c2cccc(C(F)(F)F)c2)CCOCC1. The molecule has 2 N–H and O–H groups in total. The summed E-state index contributed by atoms with van der Waals surface area (Å²) in [7, 11) is 1.69. The smallest absolute Gasteiger partial charge is 0.381 e. The Labute approximate surface area is 157 Å². The van der Waals surface area contributed by atoms with E-state index in [9.17, 15) is 13.2 Å². The van der Waals surface area contributed by atoms with E-state index in [1.54, 1.807) is 24.9 Å². The van der Waals surface area contributed by atoms with Crippen molar-refractivity contribution in [2.75, 3.05) is 45.4 Å². The Balaban J connectivity index is 2.18. The summed E-state index contributed by atoms with van der Waals surface area (Å²) >= 11 is 1.73. The molecule has 1 heterocycles. The molecule has 146 valence electrons. The molecule has 1 fully saturated rings. The number of benzene rings is 1. The van der Waals surface area contributed by atoms with Gasteiger partial charge in [0.25, 0.3) is 0 Å². The molecule has 26 heavy (non-hydrogen) atoms. The number of alkyl halides is 3. The summed E-state index contributed by atoms with van der Waals surface area (Å²) < 4.78 is 44.8. The minimum Gasteiger partial charge on any atom is -0.381 e. The standard InChI is InChI=1S/C18H26F3N3OS/c1-22-16(23-8-11-26-2)24-13-17(6-9-25-10-7-17)14-4-3-5-15(12-14)18(19,20)21/h3-5,12H,6-11,13H2,1-2H3,(H2,22,23,24). The molecule has 0 unspecified atom stereocenters. The molecule has 2 rings (SSSR count). The molecule has 4 nitrogen and oxygen atoms in total. The quantitative estimate of drug-likeness (QED) is 0.445. The van der Waals surface area contributed by atoms with Crippen molar-refractivity contribution in [3.8, 4) is 0 Å². The summed E-state index contributed by atoms with van der Waals surface area (Å²) in [5.74, 6) is 1.62. The average Bonchev–Trinajstić information content (AvgIpc) is 2.65. The van der Waals surface area contributed by atoms with Gasteiger partial charge in [0.1, 0.15) is 0 Å². The van der Waals surface area contributed by atoms with Gasteiger partial charge in [-0.2, -0.15) is 24.9 Å². The molecule has 1 aliphatic heterocycles. The molecule has 0 aliphatic carbocycles. The monoisotopic (exact) mass is 389 g/mol. The van der Waals surface area contributed by atoms with Crippen LogP contribution in [-0.4, -0.2) is 51.3 Å². The van der Waals surface area contributed by atoms with Crippen molar-refractivity contribution in [1.29, 1.82) is 0 Å². The number of thioether (sulfide) groups is 1. The number of ether oxygens (including phenoxy) is 1. The molecular weight excluding hydrogens is 363 g/mol. The van der Waals surface area contributed by atoms with Crippen LogP contribution in [0, 0.1) is 0 Å². The average molecular weight is 389 g/mol. The highest BCUT2D eigenvalue weighted by molar-refractivity contribution is 7.98. The maximum absolute atomic E-state index is 13.1. The van der Waals surface area contributed by atoms with E-state index in [0.29, 0.717) is 44.1 Å². The molecule has 1 aromatic rings. The minimum absolute atomic E-state index is 0.406. The topological polar surface area (TPSA) is 45.7 Å². The zero-order valence-corrected chi connectivity index (χ0v) is 16.0. The van der Waals surface area contributed by atoms with Crippen molar-refractivity contribution >= 4 is 17.7 Å². The Morgan fingerprint density at radius 3 is 2.62 bits per heavy atom. The van der Waals surface area contributed by atoms with Crippen molar-refractivity contribution in [3.05, 3.63) is 35.4 Å². The van der Waals surface area contributed by atoms with E-state index in [0.717, 1.165) is 18.4 Å². The third-order valence-corrected chi connectivity index (χ3v) is 5.28. The van der Waals surface area contributed by atoms with Crippen LogP contribution in [0.4, 0.5) is 13.2 Å². The number of aliphatic imine (C=N–C) groups is 1. The molecule has 0 atom stereocenters. The van der Waals surface area contributed by atoms with Crippen LogP contribution in [0.1, 0.15) is 24.0 Å². The Morgan fingerprint density at radius 1 is 1.27 bits per heavy atom. The van der Waals surface area contributed by atoms with Gasteiger partial charge in [-0.1, -0.05) is 18.2 Å². The van der Waals surface area contributed by atoms with Gasteiger partial charge in [0.05, 0.1) is 5.56 Å². The summed E-state index contributed by atoms with van der Waals surface area (Å²) in [4.78, 5) is 4.20. The summed E-state index contributed by atoms with van der Waals surface area (Å²) in [6.45, 7) is 2.37. The normalized spacial score (nSPS) is 17.8. The van der Waals surface area contributed by atoms with E-state index in [2.05, 4.69) is 15.6 Å². The molecule has 1 aliphatic rings. The van der Waals surface area contributed by atoms with Gasteiger partial charge in [0.15, 0.2) is 5.96 Å². The summed E-state index contributed by atoms with van der Waals surface area (Å²) in [6, 6.07) is 5.66. The van der Waals surface area contributed by atoms with E-state index in [4.69, 9.17) is 4.74 Å². The van der Waals surface area contributed by atoms with E-state index in [1.807, 2.05) is 6.26 Å². The van der Waals surface area contributed by atoms with Crippen molar-refractivity contribution in [2.24, 2.45) is 4.99 Å². The van der Waals surface area contributed by atoms with Gasteiger partial charge in [-0.25, -0.2) is 0 Å². The molecule has 8 heteroatoms. The Hall–Kier alpha value is -1.41. The van der Waals surface area contributed by atoms with Crippen LogP contribution >= 0.6 is 11.8 Å². The number of nitrogens with zero attached hydrogens (tertiary/aromatic N) is 1. The van der Waals surface area contributed by atoms with Crippen LogP contribution in [0.2, 0.25) is 0 Å². The predicted octanol–water partition coefficient (Wildman–Crippen LogP) is 3.28. The molecule has 0 aromatic heterocycles. The van der Waals surface area contributed by atoms with Crippen molar-refractivity contribution < 1.29 is 17.9 Å². The first-order valence-corrected chi connectivity index (χ1v) is 10.00. The van der Waals surface area contributed by atoms with E-state index >= 15 is 0 Å². The number of halogens is 3. The fourth-order valence-corrected chi connectivity index (χ4v) is 3.41. The summed E-state index contributed by atoms with van der Waals surface area (Å²) in [5, 5.41) is 6.51. The van der Waals surface area contributed by atoms with E-state index < -0.39 is 17.2 Å². The fraction of sp³-hybridized carbons (Fsp3) is 0.611. The molecule has 0 radical (unpaired) electrons. The van der Waals surface area contributed by atoms with E-state index in [1.165, 1.54) is 12.1 Å². The maximum atomic E-state index is 13.1. The highest BCUT2D eigenvalue weighted by Crippen LogP contribution is 2.37. The molecule has 0 amide bonds. The molecule has 0 spiro atoms. The molecule has 1 aromatic carbocycles. The zero-order valence-electron chi connectivity index (χ0n) is 15.2. The maximum Gasteiger partial charge on any atom is 0.416 e. The second-order valence-corrected chi connectivity index (χ2v) is 7.30. The van der Waals surface area contributed by atoms with Gasteiger partial charge >= 0.3 is 6.18 Å². The first kappa shape index (κ1) is 20.9. The first-order chi connectivity index (χ1) is 12.4. The zero-order chi connectivity index (χ0) is 19.0. The largest absolute Gasteiger partial charge is 0.416 e. The number of guanidine groups is 1. The second kappa shape index (κ2) is 9.50. The number of nitrogens with one attached hydrogen (secondary N) is 2. The number of hydrogen-bond donors (Lipinski definition) is 2. The van der Waals surface area contributed by atoms with Crippen LogP contribution in [0.5, 0.6) is 0 Å². The fourth-order valence-electron chi connectivity index (χ4n) is 3.10. The van der Waals surface area contributed by atoms with Crippen LogP contribution in [-0.2, 0) is 16.3 Å². The van der Waals surface area contributed by atoms with Gasteiger partial charge < -0.3 is 15.4 Å². The van der Waals surface area contributed by atoms with Crippen molar-refractivity contribution in [2.45, 2.75) is 24.4 Å². The highest BCUT2D eigenvalue weighted by atomic mass is 32.2. The van der Waals surface area contributed by atoms with Crippen LogP contribution < -0.4 is 10.6 Å². The molecule has 0 saturated carbocycles. The summed E-state index contributed by atoms with van der Waals surface area (Å²) in [5.41, 5.74) is -0.317. The van der Waals surface area contributed by atoms with Crippen LogP contribution in [0.15, 0.2) is 29.3 Å². The van der Waals surface area contributed by atoms with Gasteiger partial charge in [0.2, 0.25) is 0 Å². The Bertz CT molecular complexity index is 602. The van der Waals surface area contributed by atoms with Gasteiger partial charge in [-0.15, -0.1) is 0 Å². The third kappa shape index (κ3) is 5.54. The molecule has 1 saturated heterocycles.